The maximum atomic E-state index is 12.6. The number of nitrogens with zero attached hydrogens (tertiary/aromatic N) is 2. The summed E-state index contributed by atoms with van der Waals surface area (Å²) in [5.74, 6) is 2.89. The summed E-state index contributed by atoms with van der Waals surface area (Å²) in [6.45, 7) is 3.32. The van der Waals surface area contributed by atoms with Crippen LogP contribution in [0.5, 0.6) is 0 Å². The van der Waals surface area contributed by atoms with Crippen LogP contribution in [0, 0.1) is 6.92 Å². The number of aromatic nitrogens is 1. The Balaban J connectivity index is 1.95. The van der Waals surface area contributed by atoms with Crippen LogP contribution in [0.2, 0.25) is 0 Å². The van der Waals surface area contributed by atoms with Crippen LogP contribution in [0.3, 0.4) is 0 Å². The minimum atomic E-state index is -0.0227. The third-order valence-electron chi connectivity index (χ3n) is 3.12. The molecule has 1 aliphatic heterocycles. The second kappa shape index (κ2) is 5.13. The zero-order chi connectivity index (χ0) is 13.2. The van der Waals surface area contributed by atoms with Crippen LogP contribution in [0.15, 0.2) is 27.3 Å². The van der Waals surface area contributed by atoms with Gasteiger partial charge in [0.05, 0.1) is 12.0 Å². The van der Waals surface area contributed by atoms with Gasteiger partial charge in [0.2, 0.25) is 5.76 Å². The number of rotatable bonds is 2. The Kier molecular flexibility index (Phi) is 3.33. The molecule has 6 heteroatoms. The van der Waals surface area contributed by atoms with E-state index < -0.39 is 0 Å². The second-order valence-corrected chi connectivity index (χ2v) is 5.58. The first-order valence-corrected chi connectivity index (χ1v) is 7.30. The summed E-state index contributed by atoms with van der Waals surface area (Å²) >= 11 is 1.87. The maximum absolute atomic E-state index is 12.6. The summed E-state index contributed by atoms with van der Waals surface area (Å²) in [6, 6.07) is 3.53. The van der Waals surface area contributed by atoms with Crippen LogP contribution in [0.1, 0.15) is 16.1 Å². The highest BCUT2D eigenvalue weighted by molar-refractivity contribution is 7.99. The summed E-state index contributed by atoms with van der Waals surface area (Å²) in [5.41, 5.74) is 1.12. The molecule has 1 aliphatic rings. The molecule has 19 heavy (non-hydrogen) atoms. The predicted molar refractivity (Wildman–Crippen MR) is 72.2 cm³/mol. The van der Waals surface area contributed by atoms with Crippen LogP contribution in [0.25, 0.3) is 11.5 Å². The Bertz CT molecular complexity index is 571. The van der Waals surface area contributed by atoms with Gasteiger partial charge >= 0.3 is 0 Å². The lowest BCUT2D eigenvalue weighted by atomic mass is 10.1. The molecule has 1 saturated heterocycles. The molecule has 0 spiro atoms. The summed E-state index contributed by atoms with van der Waals surface area (Å²) in [6.07, 6.45) is 1.55. The van der Waals surface area contributed by atoms with Gasteiger partial charge in [-0.25, -0.2) is 0 Å². The van der Waals surface area contributed by atoms with Gasteiger partial charge < -0.3 is 13.8 Å². The van der Waals surface area contributed by atoms with E-state index in [9.17, 15) is 4.79 Å². The van der Waals surface area contributed by atoms with E-state index in [0.717, 1.165) is 24.6 Å². The van der Waals surface area contributed by atoms with Gasteiger partial charge in [-0.1, -0.05) is 5.16 Å². The fourth-order valence-corrected chi connectivity index (χ4v) is 3.03. The highest BCUT2D eigenvalue weighted by Gasteiger charge is 2.28. The normalized spacial score (nSPS) is 15.7. The lowest BCUT2D eigenvalue weighted by molar-refractivity contribution is 0.0771. The first-order chi connectivity index (χ1) is 9.27. The number of thioether (sulfide) groups is 1. The summed E-state index contributed by atoms with van der Waals surface area (Å²) in [7, 11) is 0. The molecule has 0 unspecified atom stereocenters. The molecular formula is C13H14N2O3S. The van der Waals surface area contributed by atoms with Crippen LogP contribution in [0.4, 0.5) is 0 Å². The van der Waals surface area contributed by atoms with Gasteiger partial charge in [0.15, 0.2) is 5.76 Å². The number of carbonyl (C=O) groups excluding carboxylic acids is 1. The minimum absolute atomic E-state index is 0.0227. The molecular weight excluding hydrogens is 264 g/mol. The van der Waals surface area contributed by atoms with Gasteiger partial charge in [0.25, 0.3) is 5.91 Å². The Morgan fingerprint density at radius 1 is 1.42 bits per heavy atom. The molecule has 3 heterocycles. The third-order valence-corrected chi connectivity index (χ3v) is 4.06. The topological polar surface area (TPSA) is 59.5 Å². The number of amides is 1. The molecule has 100 valence electrons. The second-order valence-electron chi connectivity index (χ2n) is 4.35. The molecule has 2 aromatic heterocycles. The van der Waals surface area contributed by atoms with Crippen molar-refractivity contribution in [1.82, 2.24) is 10.1 Å². The fraction of sp³-hybridized carbons (Fsp3) is 0.385. The van der Waals surface area contributed by atoms with Gasteiger partial charge in [0.1, 0.15) is 5.56 Å². The van der Waals surface area contributed by atoms with Gasteiger partial charge in [-0.3, -0.25) is 4.79 Å². The largest absolute Gasteiger partial charge is 0.461 e. The van der Waals surface area contributed by atoms with E-state index in [1.807, 2.05) is 16.7 Å². The number of hydrogen-bond donors (Lipinski definition) is 0. The van der Waals surface area contributed by atoms with Gasteiger partial charge in [-0.05, 0) is 19.1 Å². The number of carbonyl (C=O) groups is 1. The highest BCUT2D eigenvalue weighted by atomic mass is 32.2. The highest BCUT2D eigenvalue weighted by Crippen LogP contribution is 2.28. The molecule has 0 radical (unpaired) electrons. The third kappa shape index (κ3) is 2.28. The van der Waals surface area contributed by atoms with E-state index in [1.54, 1.807) is 25.3 Å². The molecule has 0 aliphatic carbocycles. The molecule has 0 aromatic carbocycles. The van der Waals surface area contributed by atoms with Crippen molar-refractivity contribution in [3.05, 3.63) is 29.7 Å². The molecule has 2 aromatic rings. The maximum Gasteiger partial charge on any atom is 0.259 e. The molecule has 5 nitrogen and oxygen atoms in total. The Labute approximate surface area is 114 Å². The van der Waals surface area contributed by atoms with E-state index >= 15 is 0 Å². The quantitative estimate of drug-likeness (QED) is 0.844. The summed E-state index contributed by atoms with van der Waals surface area (Å²) < 4.78 is 10.6. The molecule has 0 bridgehead atoms. The fourth-order valence-electron chi connectivity index (χ4n) is 2.12. The van der Waals surface area contributed by atoms with Crippen molar-refractivity contribution in [2.45, 2.75) is 6.92 Å². The van der Waals surface area contributed by atoms with Gasteiger partial charge in [0, 0.05) is 24.6 Å². The van der Waals surface area contributed by atoms with Gasteiger partial charge in [-0.2, -0.15) is 11.8 Å². The predicted octanol–water partition coefficient (Wildman–Crippen LogP) is 2.43. The van der Waals surface area contributed by atoms with Crippen LogP contribution in [-0.2, 0) is 0 Å². The van der Waals surface area contributed by atoms with E-state index in [1.165, 1.54) is 0 Å². The van der Waals surface area contributed by atoms with Crippen LogP contribution in [-0.4, -0.2) is 40.6 Å². The van der Waals surface area contributed by atoms with Crippen molar-refractivity contribution in [1.29, 1.82) is 0 Å². The first kappa shape index (κ1) is 12.3. The summed E-state index contributed by atoms with van der Waals surface area (Å²) in [4.78, 5) is 14.4. The van der Waals surface area contributed by atoms with Crippen molar-refractivity contribution in [2.75, 3.05) is 24.6 Å². The molecule has 0 saturated carbocycles. The monoisotopic (exact) mass is 278 g/mol. The molecule has 1 fully saturated rings. The lowest BCUT2D eigenvalue weighted by Gasteiger charge is -2.26. The molecule has 0 N–H and O–H groups in total. The number of aryl methyl sites for hydroxylation is 1. The smallest absolute Gasteiger partial charge is 0.259 e. The number of hydrogen-bond acceptors (Lipinski definition) is 5. The van der Waals surface area contributed by atoms with Gasteiger partial charge in [-0.15, -0.1) is 0 Å². The van der Waals surface area contributed by atoms with E-state index in [-0.39, 0.29) is 5.91 Å². The van der Waals surface area contributed by atoms with Crippen LogP contribution >= 0.6 is 11.8 Å². The van der Waals surface area contributed by atoms with E-state index in [2.05, 4.69) is 5.16 Å². The average molecular weight is 278 g/mol. The van der Waals surface area contributed by atoms with E-state index in [0.29, 0.717) is 22.8 Å². The zero-order valence-electron chi connectivity index (χ0n) is 10.6. The minimum Gasteiger partial charge on any atom is -0.461 e. The standard InChI is InChI=1S/C13H14N2O3S/c1-9-11(13(16)15-4-7-19-8-5-15)12(18-14-9)10-3-2-6-17-10/h2-3,6H,4-5,7-8H2,1H3. The van der Waals surface area contributed by atoms with Crippen molar-refractivity contribution in [2.24, 2.45) is 0 Å². The molecule has 3 rings (SSSR count). The molecule has 0 atom stereocenters. The number of furan rings is 1. The van der Waals surface area contributed by atoms with Crippen molar-refractivity contribution < 1.29 is 13.7 Å². The Morgan fingerprint density at radius 2 is 2.21 bits per heavy atom. The lowest BCUT2D eigenvalue weighted by Crippen LogP contribution is -2.38. The van der Waals surface area contributed by atoms with Crippen molar-refractivity contribution in [3.8, 4) is 11.5 Å². The SMILES string of the molecule is Cc1noc(-c2ccco2)c1C(=O)N1CCSCC1. The molecule has 1 amide bonds. The van der Waals surface area contributed by atoms with E-state index in [4.69, 9.17) is 8.94 Å². The Morgan fingerprint density at radius 3 is 2.89 bits per heavy atom. The average Bonchev–Trinajstić information content (AvgIpc) is 3.08. The first-order valence-electron chi connectivity index (χ1n) is 6.14. The zero-order valence-corrected chi connectivity index (χ0v) is 11.4. The van der Waals surface area contributed by atoms with Crippen LogP contribution < -0.4 is 0 Å². The summed E-state index contributed by atoms with van der Waals surface area (Å²) in [5, 5.41) is 3.90. The van der Waals surface area contributed by atoms with Crippen molar-refractivity contribution >= 4 is 17.7 Å². The Hall–Kier alpha value is -1.69. The van der Waals surface area contributed by atoms with Crippen molar-refractivity contribution in [3.63, 3.8) is 0 Å².